The molecule has 0 bridgehead atoms. The molecule has 0 N–H and O–H groups in total. The van der Waals surface area contributed by atoms with Gasteiger partial charge >= 0.3 is 0 Å². The van der Waals surface area contributed by atoms with Crippen molar-refractivity contribution in [1.82, 2.24) is 4.98 Å². The van der Waals surface area contributed by atoms with Crippen LogP contribution >= 0.6 is 27.5 Å². The summed E-state index contributed by atoms with van der Waals surface area (Å²) in [7, 11) is 0. The van der Waals surface area contributed by atoms with Crippen LogP contribution < -0.4 is 0 Å². The van der Waals surface area contributed by atoms with Crippen molar-refractivity contribution in [2.45, 2.75) is 0 Å². The summed E-state index contributed by atoms with van der Waals surface area (Å²) in [6, 6.07) is 13.8. The Hall–Kier alpha value is -0.860. The predicted octanol–water partition coefficient (Wildman–Crippen LogP) is 4.16. The van der Waals surface area contributed by atoms with Gasteiger partial charge in [-0.3, -0.25) is 0 Å². The molecule has 2 aromatic rings. The van der Waals surface area contributed by atoms with Gasteiger partial charge in [-0.2, -0.15) is 0 Å². The molecule has 0 unspecified atom stereocenters. The fraction of sp³-hybridized carbons (Fsp3) is 0. The lowest BCUT2D eigenvalue weighted by Gasteiger charge is -2.01. The lowest BCUT2D eigenvalue weighted by atomic mass is 10.1. The van der Waals surface area contributed by atoms with Crippen LogP contribution in [0, 0.1) is 0 Å². The van der Waals surface area contributed by atoms with Crippen molar-refractivity contribution in [3.63, 3.8) is 0 Å². The zero-order valence-corrected chi connectivity index (χ0v) is 9.59. The van der Waals surface area contributed by atoms with Gasteiger partial charge in [0.05, 0.1) is 10.2 Å². The second-order valence-electron chi connectivity index (χ2n) is 2.84. The van der Waals surface area contributed by atoms with Gasteiger partial charge in [-0.1, -0.05) is 41.9 Å². The van der Waals surface area contributed by atoms with Crippen molar-refractivity contribution in [2.75, 3.05) is 0 Å². The van der Waals surface area contributed by atoms with Crippen LogP contribution in [-0.2, 0) is 0 Å². The second kappa shape index (κ2) is 4.11. The number of hydrogen-bond donors (Lipinski definition) is 0. The second-order valence-corrected chi connectivity index (χ2v) is 4.05. The minimum atomic E-state index is 0.492. The molecule has 70 valence electrons. The predicted molar refractivity (Wildman–Crippen MR) is 62.4 cm³/mol. The Balaban J connectivity index is 2.48. The average Bonchev–Trinajstić information content (AvgIpc) is 2.23. The van der Waals surface area contributed by atoms with E-state index in [9.17, 15) is 0 Å². The summed E-state index contributed by atoms with van der Waals surface area (Å²) in [5.41, 5.74) is 1.96. The summed E-state index contributed by atoms with van der Waals surface area (Å²) >= 11 is 9.21. The Labute approximate surface area is 95.9 Å². The van der Waals surface area contributed by atoms with Crippen LogP contribution in [0.3, 0.4) is 0 Å². The summed E-state index contributed by atoms with van der Waals surface area (Å²) in [6.45, 7) is 0. The zero-order valence-electron chi connectivity index (χ0n) is 7.24. The largest absolute Gasteiger partial charge is 0.235 e. The van der Waals surface area contributed by atoms with Crippen molar-refractivity contribution in [3.05, 3.63) is 52.1 Å². The van der Waals surface area contributed by atoms with E-state index in [-0.39, 0.29) is 0 Å². The van der Waals surface area contributed by atoms with Crippen LogP contribution in [-0.4, -0.2) is 4.98 Å². The fourth-order valence-corrected chi connectivity index (χ4v) is 1.56. The number of halogens is 2. The number of nitrogens with zero attached hydrogens (tertiary/aromatic N) is 1. The van der Waals surface area contributed by atoms with Crippen LogP contribution in [0.2, 0.25) is 5.15 Å². The topological polar surface area (TPSA) is 12.9 Å². The first-order valence-electron chi connectivity index (χ1n) is 4.15. The molecule has 1 aromatic heterocycles. The highest BCUT2D eigenvalue weighted by Gasteiger charge is 2.02. The first kappa shape index (κ1) is 9.69. The summed E-state index contributed by atoms with van der Waals surface area (Å²) < 4.78 is 0.818. The molecule has 1 nitrogen and oxygen atoms in total. The van der Waals surface area contributed by atoms with E-state index in [1.165, 1.54) is 0 Å². The summed E-state index contributed by atoms with van der Waals surface area (Å²) in [5.74, 6) is 0. The maximum Gasteiger partial charge on any atom is 0.143 e. The van der Waals surface area contributed by atoms with Crippen LogP contribution in [0.25, 0.3) is 11.3 Å². The summed E-state index contributed by atoms with van der Waals surface area (Å²) in [6.07, 6.45) is 0. The molecule has 0 atom stereocenters. The zero-order chi connectivity index (χ0) is 9.97. The van der Waals surface area contributed by atoms with Gasteiger partial charge in [-0.05, 0) is 28.1 Å². The van der Waals surface area contributed by atoms with E-state index in [2.05, 4.69) is 20.9 Å². The first-order chi connectivity index (χ1) is 6.77. The average molecular weight is 269 g/mol. The molecule has 0 aliphatic rings. The Morgan fingerprint density at radius 3 is 2.36 bits per heavy atom. The van der Waals surface area contributed by atoms with Gasteiger partial charge in [0.15, 0.2) is 0 Å². The summed E-state index contributed by atoms with van der Waals surface area (Å²) in [5, 5.41) is 0.492. The molecule has 0 amide bonds. The highest BCUT2D eigenvalue weighted by molar-refractivity contribution is 9.10. The molecule has 2 rings (SSSR count). The summed E-state index contributed by atoms with van der Waals surface area (Å²) in [4.78, 5) is 4.26. The van der Waals surface area contributed by atoms with Gasteiger partial charge in [0.25, 0.3) is 0 Å². The first-order valence-corrected chi connectivity index (χ1v) is 5.32. The Bertz CT molecular complexity index is 442. The molecule has 3 heteroatoms. The van der Waals surface area contributed by atoms with E-state index in [4.69, 9.17) is 11.6 Å². The van der Waals surface area contributed by atoms with Gasteiger partial charge in [-0.15, -0.1) is 0 Å². The highest BCUT2D eigenvalue weighted by atomic mass is 79.9. The number of aromatic nitrogens is 1. The van der Waals surface area contributed by atoms with E-state index >= 15 is 0 Å². The molecule has 1 aromatic carbocycles. The third kappa shape index (κ3) is 1.97. The molecule has 0 saturated heterocycles. The normalized spacial score (nSPS) is 10.1. The Morgan fingerprint density at radius 2 is 1.71 bits per heavy atom. The molecule has 0 aliphatic heterocycles. The highest BCUT2D eigenvalue weighted by Crippen LogP contribution is 2.24. The minimum absolute atomic E-state index is 0.492. The number of rotatable bonds is 1. The molecular formula is C11H7BrClN. The Kier molecular flexibility index (Phi) is 2.85. The van der Waals surface area contributed by atoms with E-state index in [1.807, 2.05) is 42.5 Å². The quantitative estimate of drug-likeness (QED) is 0.708. The van der Waals surface area contributed by atoms with Crippen molar-refractivity contribution in [3.8, 4) is 11.3 Å². The van der Waals surface area contributed by atoms with E-state index in [1.54, 1.807) is 0 Å². The van der Waals surface area contributed by atoms with Crippen LogP contribution in [0.1, 0.15) is 0 Å². The maximum absolute atomic E-state index is 5.91. The third-order valence-corrected chi connectivity index (χ3v) is 3.03. The van der Waals surface area contributed by atoms with Gasteiger partial charge in [0.2, 0.25) is 0 Å². The SMILES string of the molecule is Clc1nc(-c2ccccc2)ccc1Br. The molecule has 0 saturated carbocycles. The molecule has 0 aliphatic carbocycles. The maximum atomic E-state index is 5.91. The molecule has 1 heterocycles. The van der Waals surface area contributed by atoms with Crippen molar-refractivity contribution < 1.29 is 0 Å². The number of hydrogen-bond acceptors (Lipinski definition) is 1. The standard InChI is InChI=1S/C11H7BrClN/c12-9-6-7-10(14-11(9)13)8-4-2-1-3-5-8/h1-7H. The van der Waals surface area contributed by atoms with E-state index in [0.717, 1.165) is 15.7 Å². The molecule has 0 spiro atoms. The van der Waals surface area contributed by atoms with Gasteiger partial charge in [0.1, 0.15) is 5.15 Å². The fourth-order valence-electron chi connectivity index (χ4n) is 1.19. The smallest absolute Gasteiger partial charge is 0.143 e. The lowest BCUT2D eigenvalue weighted by Crippen LogP contribution is -1.83. The third-order valence-electron chi connectivity index (χ3n) is 1.87. The van der Waals surface area contributed by atoms with Crippen LogP contribution in [0.4, 0.5) is 0 Å². The molecular weight excluding hydrogens is 261 g/mol. The number of benzene rings is 1. The van der Waals surface area contributed by atoms with Crippen molar-refractivity contribution in [2.24, 2.45) is 0 Å². The molecule has 0 radical (unpaired) electrons. The minimum Gasteiger partial charge on any atom is -0.235 e. The van der Waals surface area contributed by atoms with Crippen LogP contribution in [0.5, 0.6) is 0 Å². The number of pyridine rings is 1. The van der Waals surface area contributed by atoms with E-state index in [0.29, 0.717) is 5.15 Å². The van der Waals surface area contributed by atoms with Gasteiger partial charge in [0, 0.05) is 5.56 Å². The van der Waals surface area contributed by atoms with Crippen LogP contribution in [0.15, 0.2) is 46.9 Å². The molecule has 14 heavy (non-hydrogen) atoms. The van der Waals surface area contributed by atoms with Crippen molar-refractivity contribution >= 4 is 27.5 Å². The van der Waals surface area contributed by atoms with Gasteiger partial charge in [-0.25, -0.2) is 4.98 Å². The van der Waals surface area contributed by atoms with Crippen molar-refractivity contribution in [1.29, 1.82) is 0 Å². The lowest BCUT2D eigenvalue weighted by molar-refractivity contribution is 1.31. The Morgan fingerprint density at radius 1 is 1.00 bits per heavy atom. The molecule has 0 fully saturated rings. The monoisotopic (exact) mass is 267 g/mol. The van der Waals surface area contributed by atoms with Gasteiger partial charge < -0.3 is 0 Å². The van der Waals surface area contributed by atoms with E-state index < -0.39 is 0 Å².